The maximum absolute atomic E-state index is 12.8. The Morgan fingerprint density at radius 2 is 2.05 bits per heavy atom. The van der Waals surface area contributed by atoms with Crippen LogP contribution in [0.5, 0.6) is 0 Å². The standard InChI is InChI=1S/C12H16ClNO3S2/c1-8-7-18-11(4-13)12(8)19(15,16)14-5-9-2-3-10(6-14)17-9/h7,9-10H,2-6H2,1H3. The molecule has 2 atom stereocenters. The van der Waals surface area contributed by atoms with E-state index in [4.69, 9.17) is 16.3 Å². The Bertz CT molecular complexity index is 572. The van der Waals surface area contributed by atoms with Crippen molar-refractivity contribution in [3.63, 3.8) is 0 Å². The first-order valence-corrected chi connectivity index (χ1v) is 9.16. The van der Waals surface area contributed by atoms with Gasteiger partial charge in [0.05, 0.1) is 18.1 Å². The molecule has 4 nitrogen and oxygen atoms in total. The topological polar surface area (TPSA) is 46.6 Å². The van der Waals surface area contributed by atoms with Crippen LogP contribution >= 0.6 is 22.9 Å². The molecule has 0 saturated carbocycles. The van der Waals surface area contributed by atoms with Crippen molar-refractivity contribution in [3.8, 4) is 0 Å². The van der Waals surface area contributed by atoms with E-state index in [0.717, 1.165) is 23.3 Å². The van der Waals surface area contributed by atoms with E-state index in [1.165, 1.54) is 11.3 Å². The minimum absolute atomic E-state index is 0.0620. The molecule has 3 rings (SSSR count). The third-order valence-electron chi connectivity index (χ3n) is 3.72. The summed E-state index contributed by atoms with van der Waals surface area (Å²) in [5, 5.41) is 1.86. The fourth-order valence-electron chi connectivity index (χ4n) is 2.83. The zero-order valence-electron chi connectivity index (χ0n) is 10.6. The van der Waals surface area contributed by atoms with E-state index in [0.29, 0.717) is 18.0 Å². The molecule has 2 fully saturated rings. The number of hydrogen-bond donors (Lipinski definition) is 0. The molecular weight excluding hydrogens is 306 g/mol. The van der Waals surface area contributed by atoms with Gasteiger partial charge in [0, 0.05) is 18.0 Å². The van der Waals surface area contributed by atoms with E-state index in [1.54, 1.807) is 4.31 Å². The van der Waals surface area contributed by atoms with Crippen LogP contribution in [-0.4, -0.2) is 38.0 Å². The van der Waals surface area contributed by atoms with Crippen molar-refractivity contribution in [2.24, 2.45) is 0 Å². The first-order valence-electron chi connectivity index (χ1n) is 6.31. The predicted octanol–water partition coefficient (Wildman–Crippen LogP) is 2.35. The SMILES string of the molecule is Cc1csc(CCl)c1S(=O)(=O)N1CC2CCC(C1)O2. The van der Waals surface area contributed by atoms with Crippen molar-refractivity contribution in [2.45, 2.75) is 42.7 Å². The number of alkyl halides is 1. The van der Waals surface area contributed by atoms with Crippen molar-refractivity contribution in [3.05, 3.63) is 15.8 Å². The number of thiophene rings is 1. The fourth-order valence-corrected chi connectivity index (χ4v) is 6.34. The van der Waals surface area contributed by atoms with Gasteiger partial charge < -0.3 is 4.74 Å². The molecule has 2 bridgehead atoms. The molecule has 2 saturated heterocycles. The number of fused-ring (bicyclic) bond motifs is 2. The van der Waals surface area contributed by atoms with Crippen LogP contribution in [0.1, 0.15) is 23.3 Å². The van der Waals surface area contributed by atoms with Crippen LogP contribution in [0, 0.1) is 6.92 Å². The molecule has 2 unspecified atom stereocenters. The second kappa shape index (κ2) is 5.00. The van der Waals surface area contributed by atoms with E-state index in [2.05, 4.69) is 0 Å². The second-order valence-electron chi connectivity index (χ2n) is 5.08. The number of halogens is 1. The van der Waals surface area contributed by atoms with Gasteiger partial charge in [-0.2, -0.15) is 4.31 Å². The molecule has 0 N–H and O–H groups in total. The summed E-state index contributed by atoms with van der Waals surface area (Å²) in [7, 11) is -3.44. The van der Waals surface area contributed by atoms with Gasteiger partial charge in [-0.3, -0.25) is 0 Å². The molecule has 0 aliphatic carbocycles. The number of aryl methyl sites for hydroxylation is 1. The Morgan fingerprint density at radius 3 is 2.63 bits per heavy atom. The van der Waals surface area contributed by atoms with E-state index < -0.39 is 10.0 Å². The van der Waals surface area contributed by atoms with Crippen molar-refractivity contribution in [1.29, 1.82) is 0 Å². The molecule has 0 spiro atoms. The quantitative estimate of drug-likeness (QED) is 0.803. The molecule has 1 aromatic heterocycles. The predicted molar refractivity (Wildman–Crippen MR) is 75.3 cm³/mol. The molecule has 19 heavy (non-hydrogen) atoms. The van der Waals surface area contributed by atoms with Crippen LogP contribution in [0.2, 0.25) is 0 Å². The molecular formula is C12H16ClNO3S2. The van der Waals surface area contributed by atoms with Crippen LogP contribution in [0.25, 0.3) is 0 Å². The Labute approximate surface area is 122 Å². The highest BCUT2D eigenvalue weighted by Crippen LogP contribution is 2.34. The molecule has 2 aliphatic rings. The lowest BCUT2D eigenvalue weighted by Gasteiger charge is -2.31. The van der Waals surface area contributed by atoms with E-state index >= 15 is 0 Å². The fraction of sp³-hybridized carbons (Fsp3) is 0.667. The zero-order valence-corrected chi connectivity index (χ0v) is 13.0. The Balaban J connectivity index is 1.96. The molecule has 1 aromatic rings. The smallest absolute Gasteiger partial charge is 0.244 e. The highest BCUT2D eigenvalue weighted by Gasteiger charge is 2.40. The lowest BCUT2D eigenvalue weighted by Crippen LogP contribution is -2.45. The monoisotopic (exact) mass is 321 g/mol. The Hall–Kier alpha value is -0.140. The first kappa shape index (κ1) is 13.8. The number of sulfonamides is 1. The van der Waals surface area contributed by atoms with Gasteiger partial charge in [-0.1, -0.05) is 0 Å². The normalized spacial score (nSPS) is 27.9. The van der Waals surface area contributed by atoms with Gasteiger partial charge in [-0.05, 0) is 30.7 Å². The van der Waals surface area contributed by atoms with Gasteiger partial charge in [0.15, 0.2) is 0 Å². The third-order valence-corrected chi connectivity index (χ3v) is 7.44. The van der Waals surface area contributed by atoms with Gasteiger partial charge >= 0.3 is 0 Å². The Kier molecular flexibility index (Phi) is 3.64. The summed E-state index contributed by atoms with van der Waals surface area (Å²) in [6.07, 6.45) is 2.04. The molecule has 3 heterocycles. The highest BCUT2D eigenvalue weighted by molar-refractivity contribution is 7.89. The summed E-state index contributed by atoms with van der Waals surface area (Å²) < 4.78 is 32.8. The largest absolute Gasteiger partial charge is 0.372 e. The van der Waals surface area contributed by atoms with Crippen LogP contribution < -0.4 is 0 Å². The molecule has 0 radical (unpaired) electrons. The highest BCUT2D eigenvalue weighted by atomic mass is 35.5. The van der Waals surface area contributed by atoms with Crippen molar-refractivity contribution < 1.29 is 13.2 Å². The van der Waals surface area contributed by atoms with Gasteiger partial charge in [-0.25, -0.2) is 8.42 Å². The summed E-state index contributed by atoms with van der Waals surface area (Å²) in [5.41, 5.74) is 0.791. The van der Waals surface area contributed by atoms with Gasteiger partial charge in [-0.15, -0.1) is 22.9 Å². The second-order valence-corrected chi connectivity index (χ2v) is 8.19. The van der Waals surface area contributed by atoms with Gasteiger partial charge in [0.25, 0.3) is 0 Å². The number of nitrogens with zero attached hydrogens (tertiary/aromatic N) is 1. The number of morpholine rings is 1. The minimum Gasteiger partial charge on any atom is -0.372 e. The van der Waals surface area contributed by atoms with E-state index in [1.807, 2.05) is 12.3 Å². The van der Waals surface area contributed by atoms with Gasteiger partial charge in [0.2, 0.25) is 10.0 Å². The van der Waals surface area contributed by atoms with Crippen LogP contribution in [0.3, 0.4) is 0 Å². The molecule has 0 aromatic carbocycles. The molecule has 0 amide bonds. The van der Waals surface area contributed by atoms with Crippen LogP contribution in [-0.2, 0) is 20.6 Å². The minimum atomic E-state index is -3.44. The van der Waals surface area contributed by atoms with Crippen molar-refractivity contribution in [2.75, 3.05) is 13.1 Å². The third kappa shape index (κ3) is 2.34. The summed E-state index contributed by atoms with van der Waals surface area (Å²) >= 11 is 7.28. The number of ether oxygens (including phenoxy) is 1. The summed E-state index contributed by atoms with van der Waals surface area (Å²) in [6.45, 7) is 2.76. The lowest BCUT2D eigenvalue weighted by molar-refractivity contribution is -0.0114. The molecule has 106 valence electrons. The zero-order chi connectivity index (χ0) is 13.6. The maximum Gasteiger partial charge on any atom is 0.244 e. The average molecular weight is 322 g/mol. The lowest BCUT2D eigenvalue weighted by atomic mass is 10.2. The van der Waals surface area contributed by atoms with Crippen molar-refractivity contribution >= 4 is 33.0 Å². The molecule has 7 heteroatoms. The number of hydrogen-bond acceptors (Lipinski definition) is 4. The first-order chi connectivity index (χ1) is 9.02. The summed E-state index contributed by atoms with van der Waals surface area (Å²) in [6, 6.07) is 0. The van der Waals surface area contributed by atoms with Crippen LogP contribution in [0.15, 0.2) is 10.3 Å². The van der Waals surface area contributed by atoms with Crippen LogP contribution in [0.4, 0.5) is 0 Å². The summed E-state index contributed by atoms with van der Waals surface area (Å²) in [5.74, 6) is 0.240. The Morgan fingerprint density at radius 1 is 1.42 bits per heavy atom. The maximum atomic E-state index is 12.8. The van der Waals surface area contributed by atoms with Gasteiger partial charge in [0.1, 0.15) is 4.90 Å². The average Bonchev–Trinajstić information content (AvgIpc) is 2.92. The van der Waals surface area contributed by atoms with E-state index in [-0.39, 0.29) is 18.1 Å². The molecule has 2 aliphatic heterocycles. The van der Waals surface area contributed by atoms with Crippen molar-refractivity contribution in [1.82, 2.24) is 4.31 Å². The number of rotatable bonds is 3. The van der Waals surface area contributed by atoms with E-state index in [9.17, 15) is 8.42 Å². The summed E-state index contributed by atoms with van der Waals surface area (Å²) in [4.78, 5) is 1.15.